The molecule has 0 aliphatic carbocycles. The third-order valence-corrected chi connectivity index (χ3v) is 6.91. The highest BCUT2D eigenvalue weighted by Gasteiger charge is 2.16. The number of aromatic nitrogens is 2. The van der Waals surface area contributed by atoms with Gasteiger partial charge in [-0.05, 0) is 72.3 Å². The lowest BCUT2D eigenvalue weighted by Gasteiger charge is -2.10. The number of hydrogen-bond acceptors (Lipinski definition) is 3. The van der Waals surface area contributed by atoms with E-state index in [1.54, 1.807) is 0 Å². The fraction of sp³-hybridized carbons (Fsp3) is 0.0625. The van der Waals surface area contributed by atoms with Gasteiger partial charge in [0, 0.05) is 39.0 Å². The van der Waals surface area contributed by atoms with Crippen LogP contribution < -0.4 is 0 Å². The van der Waals surface area contributed by atoms with Gasteiger partial charge in [-0.2, -0.15) is 0 Å². The van der Waals surface area contributed by atoms with Crippen LogP contribution in [0.25, 0.3) is 66.0 Å². The zero-order valence-electron chi connectivity index (χ0n) is 19.5. The van der Waals surface area contributed by atoms with E-state index in [9.17, 15) is 0 Å². The van der Waals surface area contributed by atoms with Crippen molar-refractivity contribution in [1.29, 1.82) is 0 Å². The van der Waals surface area contributed by atoms with E-state index in [4.69, 9.17) is 9.40 Å². The van der Waals surface area contributed by atoms with Gasteiger partial charge in [0.25, 0.3) is 0 Å². The molecule has 0 spiro atoms. The van der Waals surface area contributed by atoms with Crippen molar-refractivity contribution in [3.63, 3.8) is 0 Å². The monoisotopic (exact) mass is 450 g/mol. The minimum atomic E-state index is 0.874. The topological polar surface area (TPSA) is 38.9 Å². The Labute approximate surface area is 202 Å². The van der Waals surface area contributed by atoms with Crippen molar-refractivity contribution >= 4 is 43.6 Å². The first-order valence-electron chi connectivity index (χ1n) is 11.8. The Morgan fingerprint density at radius 3 is 2.40 bits per heavy atom. The van der Waals surface area contributed by atoms with Gasteiger partial charge in [0.05, 0.1) is 11.2 Å². The largest absolute Gasteiger partial charge is 0.455 e. The van der Waals surface area contributed by atoms with Crippen LogP contribution in [0, 0.1) is 13.8 Å². The number of pyridine rings is 2. The molecule has 0 atom stereocenters. The Hall–Kier alpha value is -4.50. The van der Waals surface area contributed by atoms with Gasteiger partial charge in [0.1, 0.15) is 11.2 Å². The molecular weight excluding hydrogens is 428 g/mol. The maximum absolute atomic E-state index is 6.55. The second-order valence-corrected chi connectivity index (χ2v) is 9.19. The number of fused-ring (bicyclic) bond motifs is 6. The molecule has 0 aliphatic heterocycles. The molecule has 3 heterocycles. The van der Waals surface area contributed by atoms with Crippen LogP contribution in [0.15, 0.2) is 102 Å². The zero-order chi connectivity index (χ0) is 23.5. The molecule has 0 N–H and O–H groups in total. The molecule has 4 aromatic carbocycles. The van der Waals surface area contributed by atoms with Crippen molar-refractivity contribution in [3.05, 3.63) is 108 Å². The Morgan fingerprint density at radius 2 is 1.46 bits per heavy atom. The average molecular weight is 451 g/mol. The van der Waals surface area contributed by atoms with Crippen LogP contribution in [0.2, 0.25) is 0 Å². The summed E-state index contributed by atoms with van der Waals surface area (Å²) >= 11 is 0. The minimum Gasteiger partial charge on any atom is -0.455 e. The summed E-state index contributed by atoms with van der Waals surface area (Å²) in [6.45, 7) is 4.13. The molecule has 0 saturated heterocycles. The van der Waals surface area contributed by atoms with Crippen molar-refractivity contribution in [3.8, 4) is 22.4 Å². The van der Waals surface area contributed by atoms with E-state index in [-0.39, 0.29) is 0 Å². The van der Waals surface area contributed by atoms with Crippen molar-refractivity contribution in [1.82, 2.24) is 9.97 Å². The molecule has 166 valence electrons. The lowest BCUT2D eigenvalue weighted by atomic mass is 9.97. The summed E-state index contributed by atoms with van der Waals surface area (Å²) in [6, 6.07) is 31.8. The Kier molecular flexibility index (Phi) is 4.27. The SMILES string of the molecule is Cc1ccc2cc(-c3cc(-c4cccc5c4oc4c6ccccc6ccc54)ncc3C)ccc2n1. The second-order valence-electron chi connectivity index (χ2n) is 9.19. The van der Waals surface area contributed by atoms with Crippen molar-refractivity contribution in [2.24, 2.45) is 0 Å². The lowest BCUT2D eigenvalue weighted by molar-refractivity contribution is 0.673. The van der Waals surface area contributed by atoms with E-state index >= 15 is 0 Å². The second kappa shape index (κ2) is 7.51. The molecule has 0 saturated carbocycles. The molecule has 0 amide bonds. The third kappa shape index (κ3) is 3.12. The zero-order valence-corrected chi connectivity index (χ0v) is 19.5. The summed E-state index contributed by atoms with van der Waals surface area (Å²) in [6.07, 6.45) is 1.96. The van der Waals surface area contributed by atoms with Gasteiger partial charge in [-0.1, -0.05) is 54.6 Å². The number of furan rings is 1. The van der Waals surface area contributed by atoms with Crippen LogP contribution in [-0.2, 0) is 0 Å². The molecule has 3 heteroatoms. The quantitative estimate of drug-likeness (QED) is 0.265. The van der Waals surface area contributed by atoms with Gasteiger partial charge in [-0.25, -0.2) is 0 Å². The molecule has 0 aliphatic rings. The molecule has 3 aromatic heterocycles. The number of para-hydroxylation sites is 1. The first-order valence-corrected chi connectivity index (χ1v) is 11.8. The molecule has 7 rings (SSSR count). The molecule has 0 unspecified atom stereocenters. The first kappa shape index (κ1) is 19.9. The molecule has 35 heavy (non-hydrogen) atoms. The lowest BCUT2D eigenvalue weighted by Crippen LogP contribution is -1.91. The van der Waals surface area contributed by atoms with Crippen LogP contribution in [0.1, 0.15) is 11.3 Å². The molecular formula is C32H22N2O. The predicted molar refractivity (Wildman–Crippen MR) is 145 cm³/mol. The molecule has 0 radical (unpaired) electrons. The predicted octanol–water partition coefficient (Wildman–Crippen LogP) is 8.63. The van der Waals surface area contributed by atoms with Gasteiger partial charge in [-0.3, -0.25) is 9.97 Å². The highest BCUT2D eigenvalue weighted by molar-refractivity contribution is 6.17. The highest BCUT2D eigenvalue weighted by atomic mass is 16.3. The van der Waals surface area contributed by atoms with Crippen LogP contribution in [-0.4, -0.2) is 9.97 Å². The summed E-state index contributed by atoms with van der Waals surface area (Å²) in [7, 11) is 0. The Bertz CT molecular complexity index is 1930. The van der Waals surface area contributed by atoms with E-state index in [2.05, 4.69) is 103 Å². The fourth-order valence-corrected chi connectivity index (χ4v) is 5.10. The van der Waals surface area contributed by atoms with Gasteiger partial charge >= 0.3 is 0 Å². The molecule has 0 fully saturated rings. The maximum Gasteiger partial charge on any atom is 0.144 e. The number of benzene rings is 4. The molecule has 0 bridgehead atoms. The van der Waals surface area contributed by atoms with Crippen LogP contribution in [0.4, 0.5) is 0 Å². The Morgan fingerprint density at radius 1 is 0.629 bits per heavy atom. The number of rotatable bonds is 2. The van der Waals surface area contributed by atoms with Gasteiger partial charge < -0.3 is 4.42 Å². The first-order chi connectivity index (χ1) is 17.2. The van der Waals surface area contributed by atoms with Gasteiger partial charge in [-0.15, -0.1) is 0 Å². The van der Waals surface area contributed by atoms with E-state index in [0.29, 0.717) is 0 Å². The number of aryl methyl sites for hydroxylation is 2. The fourth-order valence-electron chi connectivity index (χ4n) is 5.10. The van der Waals surface area contributed by atoms with Crippen molar-refractivity contribution < 1.29 is 4.42 Å². The van der Waals surface area contributed by atoms with E-state index in [0.717, 1.165) is 71.9 Å². The standard InChI is InChI=1S/C32H22N2O/c1-19-18-33-30(17-28(19)22-13-15-29-23(16-22)11-10-20(2)34-29)27-9-5-8-25-26-14-12-21-6-3-4-7-24(21)31(26)35-32(25)27/h3-18H,1-2H3. The Balaban J connectivity index is 1.44. The number of nitrogens with zero attached hydrogens (tertiary/aromatic N) is 2. The number of hydrogen-bond donors (Lipinski definition) is 0. The van der Waals surface area contributed by atoms with E-state index < -0.39 is 0 Å². The smallest absolute Gasteiger partial charge is 0.144 e. The molecule has 3 nitrogen and oxygen atoms in total. The summed E-state index contributed by atoms with van der Waals surface area (Å²) in [5.41, 5.74) is 9.21. The highest BCUT2D eigenvalue weighted by Crippen LogP contribution is 2.39. The normalized spacial score (nSPS) is 11.7. The minimum absolute atomic E-state index is 0.874. The van der Waals surface area contributed by atoms with E-state index in [1.165, 1.54) is 5.39 Å². The van der Waals surface area contributed by atoms with Crippen LogP contribution >= 0.6 is 0 Å². The third-order valence-electron chi connectivity index (χ3n) is 6.91. The summed E-state index contributed by atoms with van der Waals surface area (Å²) in [5.74, 6) is 0. The van der Waals surface area contributed by atoms with Crippen LogP contribution in [0.3, 0.4) is 0 Å². The van der Waals surface area contributed by atoms with Crippen molar-refractivity contribution in [2.75, 3.05) is 0 Å². The summed E-state index contributed by atoms with van der Waals surface area (Å²) in [4.78, 5) is 9.47. The van der Waals surface area contributed by atoms with Gasteiger partial charge in [0.15, 0.2) is 0 Å². The summed E-state index contributed by atoms with van der Waals surface area (Å²) in [5, 5.41) is 5.68. The average Bonchev–Trinajstić information content (AvgIpc) is 3.28. The van der Waals surface area contributed by atoms with Gasteiger partial charge in [0.2, 0.25) is 0 Å². The van der Waals surface area contributed by atoms with Crippen LogP contribution in [0.5, 0.6) is 0 Å². The van der Waals surface area contributed by atoms with E-state index in [1.807, 2.05) is 13.1 Å². The summed E-state index contributed by atoms with van der Waals surface area (Å²) < 4.78 is 6.55. The molecule has 7 aromatic rings. The maximum atomic E-state index is 6.55. The van der Waals surface area contributed by atoms with Crippen molar-refractivity contribution in [2.45, 2.75) is 13.8 Å².